The van der Waals surface area contributed by atoms with Crippen molar-refractivity contribution in [3.05, 3.63) is 59.7 Å². The Kier molecular flexibility index (Phi) is 2.61. The predicted octanol–water partition coefficient (Wildman–Crippen LogP) is 2.05. The summed E-state index contributed by atoms with van der Waals surface area (Å²) in [6, 6.07) is 10.6. The first-order chi connectivity index (χ1) is 8.34. The quantitative estimate of drug-likeness (QED) is 0.744. The van der Waals surface area contributed by atoms with Crippen LogP contribution in [0.5, 0.6) is 0 Å². The largest absolute Gasteiger partial charge is 0.301 e. The molecule has 17 heavy (non-hydrogen) atoms. The van der Waals surface area contributed by atoms with E-state index in [1.807, 2.05) is 6.20 Å². The van der Waals surface area contributed by atoms with E-state index in [2.05, 4.69) is 52.2 Å². The molecule has 1 aliphatic heterocycles. The first-order valence-electron chi connectivity index (χ1n) is 5.87. The number of fused-ring (bicyclic) bond motifs is 1. The zero-order valence-electron chi connectivity index (χ0n) is 9.87. The highest BCUT2D eigenvalue weighted by Gasteiger charge is 2.25. The molecule has 1 aromatic heterocycles. The third kappa shape index (κ3) is 1.94. The highest BCUT2D eigenvalue weighted by molar-refractivity contribution is 5.34. The summed E-state index contributed by atoms with van der Waals surface area (Å²) in [5, 5.41) is 0. The van der Waals surface area contributed by atoms with Gasteiger partial charge in [-0.2, -0.15) is 0 Å². The minimum atomic E-state index is 0.368. The topological polar surface area (TPSA) is 29.0 Å². The maximum atomic E-state index is 4.47. The van der Waals surface area contributed by atoms with Crippen molar-refractivity contribution in [2.45, 2.75) is 12.5 Å². The van der Waals surface area contributed by atoms with Crippen molar-refractivity contribution < 1.29 is 0 Å². The van der Waals surface area contributed by atoms with Crippen molar-refractivity contribution in [1.29, 1.82) is 0 Å². The van der Waals surface area contributed by atoms with Crippen LogP contribution < -0.4 is 0 Å². The molecular formula is C14H15N3. The second-order valence-corrected chi connectivity index (χ2v) is 4.59. The van der Waals surface area contributed by atoms with Crippen molar-refractivity contribution in [3.63, 3.8) is 0 Å². The molecule has 1 aliphatic rings. The van der Waals surface area contributed by atoms with Gasteiger partial charge in [0.2, 0.25) is 0 Å². The molecule has 0 bridgehead atoms. The van der Waals surface area contributed by atoms with Crippen LogP contribution in [0.3, 0.4) is 0 Å². The molecule has 0 spiro atoms. The maximum absolute atomic E-state index is 4.47. The van der Waals surface area contributed by atoms with Crippen molar-refractivity contribution in [3.8, 4) is 0 Å². The first-order valence-corrected chi connectivity index (χ1v) is 5.87. The molecule has 1 atom stereocenters. The molecule has 1 aromatic carbocycles. The Labute approximate surface area is 101 Å². The summed E-state index contributed by atoms with van der Waals surface area (Å²) in [7, 11) is 2.14. The van der Waals surface area contributed by atoms with Crippen LogP contribution in [0.25, 0.3) is 0 Å². The van der Waals surface area contributed by atoms with Gasteiger partial charge in [0.1, 0.15) is 6.33 Å². The van der Waals surface area contributed by atoms with Crippen molar-refractivity contribution in [2.75, 3.05) is 13.6 Å². The smallest absolute Gasteiger partial charge is 0.115 e. The fourth-order valence-corrected chi connectivity index (χ4v) is 2.51. The Bertz CT molecular complexity index is 510. The second kappa shape index (κ2) is 4.26. The van der Waals surface area contributed by atoms with Gasteiger partial charge < -0.3 is 4.90 Å². The Morgan fingerprint density at radius 2 is 2.06 bits per heavy atom. The van der Waals surface area contributed by atoms with Crippen LogP contribution in [0, 0.1) is 0 Å². The zero-order chi connectivity index (χ0) is 11.7. The van der Waals surface area contributed by atoms with Crippen molar-refractivity contribution in [2.24, 2.45) is 0 Å². The lowest BCUT2D eigenvalue weighted by molar-refractivity contribution is 0.291. The third-order valence-corrected chi connectivity index (χ3v) is 3.29. The molecule has 0 N–H and O–H groups in total. The van der Waals surface area contributed by atoms with E-state index in [9.17, 15) is 0 Å². The van der Waals surface area contributed by atoms with E-state index in [1.54, 1.807) is 6.33 Å². The Morgan fingerprint density at radius 1 is 1.24 bits per heavy atom. The molecule has 0 amide bonds. The van der Waals surface area contributed by atoms with E-state index < -0.39 is 0 Å². The SMILES string of the molecule is CN1Cc2cncnc2C(c2ccccc2)C1. The average molecular weight is 225 g/mol. The third-order valence-electron chi connectivity index (χ3n) is 3.29. The number of hydrogen-bond acceptors (Lipinski definition) is 3. The summed E-state index contributed by atoms with van der Waals surface area (Å²) in [6.07, 6.45) is 3.59. The summed E-state index contributed by atoms with van der Waals surface area (Å²) in [6.45, 7) is 1.97. The molecule has 0 saturated heterocycles. The fraction of sp³-hybridized carbons (Fsp3) is 0.286. The Hall–Kier alpha value is -1.74. The molecule has 2 heterocycles. The summed E-state index contributed by atoms with van der Waals surface area (Å²) in [5.74, 6) is 0.368. The standard InChI is InChI=1S/C14H15N3/c1-17-8-12-7-15-10-16-14(12)13(9-17)11-5-3-2-4-6-11/h2-7,10,13H,8-9H2,1H3. The number of nitrogens with zero attached hydrogens (tertiary/aromatic N) is 3. The number of aromatic nitrogens is 2. The highest BCUT2D eigenvalue weighted by Crippen LogP contribution is 2.30. The minimum Gasteiger partial charge on any atom is -0.301 e. The van der Waals surface area contributed by atoms with Crippen LogP contribution in [0.15, 0.2) is 42.9 Å². The maximum Gasteiger partial charge on any atom is 0.115 e. The molecule has 3 nitrogen and oxygen atoms in total. The van der Waals surface area contributed by atoms with E-state index in [0.29, 0.717) is 5.92 Å². The van der Waals surface area contributed by atoms with Gasteiger partial charge in [-0.05, 0) is 12.6 Å². The summed E-state index contributed by atoms with van der Waals surface area (Å²) < 4.78 is 0. The van der Waals surface area contributed by atoms with E-state index >= 15 is 0 Å². The molecule has 0 radical (unpaired) electrons. The average Bonchev–Trinajstić information content (AvgIpc) is 2.39. The molecule has 3 heteroatoms. The molecule has 0 fully saturated rings. The second-order valence-electron chi connectivity index (χ2n) is 4.59. The van der Waals surface area contributed by atoms with Gasteiger partial charge in [0.05, 0.1) is 5.69 Å². The number of hydrogen-bond donors (Lipinski definition) is 0. The molecule has 1 unspecified atom stereocenters. The van der Waals surface area contributed by atoms with Crippen LogP contribution in [-0.2, 0) is 6.54 Å². The zero-order valence-corrected chi connectivity index (χ0v) is 9.87. The Morgan fingerprint density at radius 3 is 2.88 bits per heavy atom. The van der Waals surface area contributed by atoms with E-state index in [1.165, 1.54) is 16.8 Å². The van der Waals surface area contributed by atoms with Crippen LogP contribution in [-0.4, -0.2) is 28.5 Å². The molecule has 0 saturated carbocycles. The van der Waals surface area contributed by atoms with Gasteiger partial charge in [-0.25, -0.2) is 9.97 Å². The Balaban J connectivity index is 2.07. The van der Waals surface area contributed by atoms with Gasteiger partial charge in [0, 0.05) is 30.8 Å². The number of likely N-dealkylation sites (N-methyl/N-ethyl adjacent to an activating group) is 1. The van der Waals surface area contributed by atoms with Crippen molar-refractivity contribution >= 4 is 0 Å². The monoisotopic (exact) mass is 225 g/mol. The van der Waals surface area contributed by atoms with Gasteiger partial charge in [-0.1, -0.05) is 30.3 Å². The number of rotatable bonds is 1. The molecule has 86 valence electrons. The number of benzene rings is 1. The predicted molar refractivity (Wildman–Crippen MR) is 66.7 cm³/mol. The van der Waals surface area contributed by atoms with Crippen LogP contribution in [0.1, 0.15) is 22.7 Å². The van der Waals surface area contributed by atoms with Gasteiger partial charge in [-0.3, -0.25) is 0 Å². The van der Waals surface area contributed by atoms with Crippen LogP contribution in [0.4, 0.5) is 0 Å². The summed E-state index contributed by atoms with van der Waals surface area (Å²) in [5.41, 5.74) is 3.76. The van der Waals surface area contributed by atoms with Gasteiger partial charge in [0.15, 0.2) is 0 Å². The van der Waals surface area contributed by atoms with Gasteiger partial charge >= 0.3 is 0 Å². The lowest BCUT2D eigenvalue weighted by Crippen LogP contribution is -2.31. The van der Waals surface area contributed by atoms with Crippen LogP contribution in [0.2, 0.25) is 0 Å². The normalized spacial score (nSPS) is 19.9. The van der Waals surface area contributed by atoms with Gasteiger partial charge in [-0.15, -0.1) is 0 Å². The first kappa shape index (κ1) is 10.4. The van der Waals surface area contributed by atoms with Crippen LogP contribution >= 0.6 is 0 Å². The van der Waals surface area contributed by atoms with E-state index in [0.717, 1.165) is 13.1 Å². The highest BCUT2D eigenvalue weighted by atomic mass is 15.1. The van der Waals surface area contributed by atoms with Gasteiger partial charge in [0.25, 0.3) is 0 Å². The van der Waals surface area contributed by atoms with E-state index in [4.69, 9.17) is 0 Å². The molecular weight excluding hydrogens is 210 g/mol. The summed E-state index contributed by atoms with van der Waals surface area (Å²) >= 11 is 0. The van der Waals surface area contributed by atoms with Crippen molar-refractivity contribution in [1.82, 2.24) is 14.9 Å². The lowest BCUT2D eigenvalue weighted by Gasteiger charge is -2.31. The van der Waals surface area contributed by atoms with E-state index in [-0.39, 0.29) is 0 Å². The minimum absolute atomic E-state index is 0.368. The lowest BCUT2D eigenvalue weighted by atomic mass is 9.89. The molecule has 2 aromatic rings. The fourth-order valence-electron chi connectivity index (χ4n) is 2.51. The molecule has 0 aliphatic carbocycles. The molecule has 3 rings (SSSR count). The summed E-state index contributed by atoms with van der Waals surface area (Å²) in [4.78, 5) is 10.9.